The van der Waals surface area contributed by atoms with Crippen molar-refractivity contribution in [3.8, 4) is 22.2 Å². The monoisotopic (exact) mass is 620 g/mol. The molecule has 0 bridgehead atoms. The quantitative estimate of drug-likeness (QED) is 0.196. The first-order valence-corrected chi connectivity index (χ1v) is 14.4. The lowest BCUT2D eigenvalue weighted by molar-refractivity contribution is 0.0918. The molecule has 0 unspecified atom stereocenters. The summed E-state index contributed by atoms with van der Waals surface area (Å²) in [5.74, 6) is -0.718. The summed E-state index contributed by atoms with van der Waals surface area (Å²) >= 11 is 1.36. The molecule has 3 N–H and O–H groups in total. The number of fused-ring (bicyclic) bond motifs is 2. The van der Waals surface area contributed by atoms with Crippen molar-refractivity contribution in [1.29, 1.82) is 0 Å². The van der Waals surface area contributed by atoms with Crippen LogP contribution in [-0.2, 0) is 4.74 Å². The van der Waals surface area contributed by atoms with E-state index >= 15 is 4.39 Å². The number of halogens is 1. The topological polar surface area (TPSA) is 158 Å². The van der Waals surface area contributed by atoms with Crippen LogP contribution in [0.4, 0.5) is 14.9 Å². The SMILES string of the molecule is COc1cnc2c(-c3nc4cc(F)c(O[C@@H](C)COC(=O)Nc5ccnc(C(=O)NC[C@@H](C)O)c5)cc4s3)cc(C)cc2n1. The molecule has 0 aliphatic heterocycles. The van der Waals surface area contributed by atoms with Crippen molar-refractivity contribution in [3.05, 3.63) is 65.9 Å². The zero-order chi connectivity index (χ0) is 31.4. The number of anilines is 1. The third-order valence-electron chi connectivity index (χ3n) is 6.22. The minimum absolute atomic E-state index is 0.00942. The smallest absolute Gasteiger partial charge is 0.411 e. The number of aliphatic hydroxyl groups excluding tert-OH is 1. The molecule has 3 aromatic heterocycles. The minimum atomic E-state index is -0.795. The van der Waals surface area contributed by atoms with E-state index < -0.39 is 30.0 Å². The van der Waals surface area contributed by atoms with Gasteiger partial charge in [-0.1, -0.05) is 0 Å². The maximum atomic E-state index is 15.0. The van der Waals surface area contributed by atoms with Crippen molar-refractivity contribution in [2.45, 2.75) is 33.0 Å². The number of aryl methyl sites for hydroxylation is 1. The molecular formula is C30H29FN6O6S. The third-order valence-corrected chi connectivity index (χ3v) is 7.28. The van der Waals surface area contributed by atoms with Gasteiger partial charge in [0.25, 0.3) is 5.91 Å². The van der Waals surface area contributed by atoms with E-state index in [1.807, 2.05) is 19.1 Å². The second-order valence-electron chi connectivity index (χ2n) is 10.0. The van der Waals surface area contributed by atoms with Crippen LogP contribution < -0.4 is 20.1 Å². The maximum Gasteiger partial charge on any atom is 0.411 e. The van der Waals surface area contributed by atoms with Crippen molar-refractivity contribution >= 4 is 50.3 Å². The molecule has 5 rings (SSSR count). The van der Waals surface area contributed by atoms with Gasteiger partial charge in [0.2, 0.25) is 5.88 Å². The van der Waals surface area contributed by atoms with Crippen molar-refractivity contribution in [1.82, 2.24) is 25.3 Å². The van der Waals surface area contributed by atoms with E-state index in [9.17, 15) is 14.7 Å². The average Bonchev–Trinajstić information content (AvgIpc) is 3.40. The lowest BCUT2D eigenvalue weighted by atomic mass is 10.1. The van der Waals surface area contributed by atoms with Crippen LogP contribution >= 0.6 is 11.3 Å². The Labute approximate surface area is 255 Å². The van der Waals surface area contributed by atoms with Crippen LogP contribution in [0.25, 0.3) is 31.8 Å². The van der Waals surface area contributed by atoms with Crippen LogP contribution in [0, 0.1) is 12.7 Å². The molecule has 0 aliphatic rings. The molecule has 2 aromatic carbocycles. The molecule has 0 aliphatic carbocycles. The Morgan fingerprint density at radius 3 is 2.68 bits per heavy atom. The molecule has 14 heteroatoms. The molecule has 0 saturated carbocycles. The number of ether oxygens (including phenoxy) is 3. The first kappa shape index (κ1) is 30.5. The van der Waals surface area contributed by atoms with Gasteiger partial charge >= 0.3 is 6.09 Å². The highest BCUT2D eigenvalue weighted by molar-refractivity contribution is 7.21. The number of pyridine rings is 1. The summed E-state index contributed by atoms with van der Waals surface area (Å²) in [6.45, 7) is 5.00. The Balaban J connectivity index is 1.24. The van der Waals surface area contributed by atoms with E-state index in [1.54, 1.807) is 13.0 Å². The number of aromatic nitrogens is 4. The predicted octanol–water partition coefficient (Wildman–Crippen LogP) is 4.88. The largest absolute Gasteiger partial charge is 0.484 e. The summed E-state index contributed by atoms with van der Waals surface area (Å²) < 4.78 is 31.9. The van der Waals surface area contributed by atoms with Crippen LogP contribution in [-0.4, -0.2) is 69.5 Å². The normalized spacial score (nSPS) is 12.5. The highest BCUT2D eigenvalue weighted by atomic mass is 32.1. The van der Waals surface area contributed by atoms with Crippen molar-refractivity contribution in [2.24, 2.45) is 0 Å². The molecule has 2 amide bonds. The molecular weight excluding hydrogens is 591 g/mol. The van der Waals surface area contributed by atoms with Gasteiger partial charge in [0, 0.05) is 36.1 Å². The zero-order valence-electron chi connectivity index (χ0n) is 24.3. The third kappa shape index (κ3) is 7.15. The Morgan fingerprint density at radius 2 is 1.91 bits per heavy atom. The number of hydrogen-bond donors (Lipinski definition) is 3. The van der Waals surface area contributed by atoms with Crippen molar-refractivity contribution < 1.29 is 33.3 Å². The number of methoxy groups -OCH3 is 1. The van der Waals surface area contributed by atoms with Crippen LogP contribution in [0.5, 0.6) is 11.6 Å². The number of rotatable bonds is 10. The molecule has 3 heterocycles. The lowest BCUT2D eigenvalue weighted by Gasteiger charge is -2.16. The van der Waals surface area contributed by atoms with Crippen LogP contribution in [0.2, 0.25) is 0 Å². The summed E-state index contributed by atoms with van der Waals surface area (Å²) in [5.41, 5.74) is 3.85. The summed E-state index contributed by atoms with van der Waals surface area (Å²) in [7, 11) is 1.53. The zero-order valence-corrected chi connectivity index (χ0v) is 25.1. The van der Waals surface area contributed by atoms with Crippen molar-refractivity contribution in [2.75, 3.05) is 25.6 Å². The second-order valence-corrected chi connectivity index (χ2v) is 11.0. The molecule has 2 atom stereocenters. The Hall–Kier alpha value is -4.95. The Morgan fingerprint density at radius 1 is 1.09 bits per heavy atom. The molecule has 0 spiro atoms. The number of amides is 2. The van der Waals surface area contributed by atoms with Gasteiger partial charge in [-0.15, -0.1) is 11.3 Å². The predicted molar refractivity (Wildman–Crippen MR) is 163 cm³/mol. The minimum Gasteiger partial charge on any atom is -0.484 e. The fraction of sp³-hybridized carbons (Fsp3) is 0.267. The maximum absolute atomic E-state index is 15.0. The number of carbonyl (C=O) groups is 2. The number of nitrogens with zero attached hydrogens (tertiary/aromatic N) is 4. The first-order chi connectivity index (χ1) is 21.1. The van der Waals surface area contributed by atoms with Gasteiger partial charge in [-0.3, -0.25) is 15.1 Å². The molecule has 228 valence electrons. The van der Waals surface area contributed by atoms with Crippen LogP contribution in [0.1, 0.15) is 29.9 Å². The number of thiazole rings is 1. The van der Waals surface area contributed by atoms with E-state index in [-0.39, 0.29) is 30.3 Å². The number of benzene rings is 2. The van der Waals surface area contributed by atoms with Crippen LogP contribution in [0.3, 0.4) is 0 Å². The fourth-order valence-corrected chi connectivity index (χ4v) is 5.20. The van der Waals surface area contributed by atoms with Gasteiger partial charge in [-0.25, -0.2) is 24.1 Å². The highest BCUT2D eigenvalue weighted by Gasteiger charge is 2.18. The number of hydrogen-bond acceptors (Lipinski definition) is 11. The Bertz CT molecular complexity index is 1850. The first-order valence-electron chi connectivity index (χ1n) is 13.5. The molecule has 12 nitrogen and oxygen atoms in total. The summed E-state index contributed by atoms with van der Waals surface area (Å²) in [6, 6.07) is 9.59. The van der Waals surface area contributed by atoms with Gasteiger partial charge < -0.3 is 24.6 Å². The molecule has 0 fully saturated rings. The Kier molecular flexibility index (Phi) is 9.11. The summed E-state index contributed by atoms with van der Waals surface area (Å²) in [6.07, 6.45) is 0.697. The van der Waals surface area contributed by atoms with Gasteiger partial charge in [0.05, 0.1) is 40.7 Å². The van der Waals surface area contributed by atoms with Gasteiger partial charge in [0.15, 0.2) is 11.6 Å². The van der Waals surface area contributed by atoms with Crippen molar-refractivity contribution in [3.63, 3.8) is 0 Å². The van der Waals surface area contributed by atoms with Gasteiger partial charge in [-0.05, 0) is 50.6 Å². The fourth-order valence-electron chi connectivity index (χ4n) is 4.21. The molecule has 0 radical (unpaired) electrons. The lowest BCUT2D eigenvalue weighted by Crippen LogP contribution is -2.31. The van der Waals surface area contributed by atoms with E-state index in [1.165, 1.54) is 56.0 Å². The van der Waals surface area contributed by atoms with E-state index in [0.717, 1.165) is 11.1 Å². The molecule has 44 heavy (non-hydrogen) atoms. The van der Waals surface area contributed by atoms with E-state index in [0.29, 0.717) is 32.1 Å². The summed E-state index contributed by atoms with van der Waals surface area (Å²) in [5, 5.41) is 15.0. The average molecular weight is 621 g/mol. The second kappa shape index (κ2) is 13.1. The number of nitrogens with one attached hydrogen (secondary N) is 2. The van der Waals surface area contributed by atoms with Gasteiger partial charge in [0.1, 0.15) is 23.4 Å². The van der Waals surface area contributed by atoms with Gasteiger partial charge in [-0.2, -0.15) is 0 Å². The highest BCUT2D eigenvalue weighted by Crippen LogP contribution is 2.37. The summed E-state index contributed by atoms with van der Waals surface area (Å²) in [4.78, 5) is 42.1. The standard InChI is InChI=1S/C30H29FN6O6S/c1-15-7-19(27-22(8-15)36-26(41-4)13-33-27)29-37-21-10-20(31)24(11-25(21)44-29)43-17(3)14-42-30(40)35-18-5-6-32-23(9-18)28(39)34-12-16(2)38/h5-11,13,16-17,38H,12,14H2,1-4H3,(H,34,39)(H,32,35,40)/t16-,17+/m1/s1. The molecule has 5 aromatic rings. The number of carbonyl (C=O) groups excluding carboxylic acids is 2. The van der Waals surface area contributed by atoms with E-state index in [2.05, 4.69) is 30.6 Å². The number of aliphatic hydroxyl groups is 1. The molecule has 0 saturated heterocycles. The van der Waals surface area contributed by atoms with E-state index in [4.69, 9.17) is 14.2 Å². The van der Waals surface area contributed by atoms with Crippen LogP contribution in [0.15, 0.2) is 48.8 Å².